The van der Waals surface area contributed by atoms with Gasteiger partial charge < -0.3 is 14.8 Å². The highest BCUT2D eigenvalue weighted by atomic mass is 16.5. The largest absolute Gasteiger partial charge is 0.440 e. The minimum Gasteiger partial charge on any atom is -0.440 e. The van der Waals surface area contributed by atoms with Gasteiger partial charge in [-0.2, -0.15) is 0 Å². The average molecular weight is 552 g/mol. The van der Waals surface area contributed by atoms with E-state index in [1.165, 1.54) is 0 Å². The number of aromatic nitrogens is 2. The fourth-order valence-electron chi connectivity index (χ4n) is 5.95. The maximum Gasteiger partial charge on any atom is 0.340 e. The summed E-state index contributed by atoms with van der Waals surface area (Å²) in [6, 6.07) is 22.9. The standard InChI is InChI=1S/C34H37N3O4/c1-2-3-15-31-36-29-17-16-26(35-32(39)23-34(20-21-38)18-9-10-19-34)22-30(29)37(31)24-41-33(40)28-14-8-7-13-27(28)25-11-5-4-6-12-25/h4-8,11-14,16-17,21-22H,2-3,9-10,15,18-20,23-24H2,1H3,(H,35,39). The molecular weight excluding hydrogens is 514 g/mol. The number of anilines is 1. The molecule has 1 N–H and O–H groups in total. The van der Waals surface area contributed by atoms with Gasteiger partial charge in [-0.3, -0.25) is 9.36 Å². The molecule has 1 fully saturated rings. The predicted molar refractivity (Wildman–Crippen MR) is 160 cm³/mol. The molecule has 212 valence electrons. The number of carbonyl (C=O) groups excluding carboxylic acids is 3. The number of ether oxygens (including phenoxy) is 1. The van der Waals surface area contributed by atoms with Gasteiger partial charge in [0, 0.05) is 24.9 Å². The van der Waals surface area contributed by atoms with Crippen LogP contribution in [0.3, 0.4) is 0 Å². The topological polar surface area (TPSA) is 90.3 Å². The molecule has 1 aromatic heterocycles. The SMILES string of the molecule is CCCCc1nc2ccc(NC(=O)CC3(CC=O)CCCC3)cc2n1COC(=O)c1ccccc1-c1ccccc1. The first-order valence-electron chi connectivity index (χ1n) is 14.6. The Balaban J connectivity index is 1.37. The highest BCUT2D eigenvalue weighted by Crippen LogP contribution is 2.43. The van der Waals surface area contributed by atoms with Crippen molar-refractivity contribution in [3.8, 4) is 11.1 Å². The Morgan fingerprint density at radius 3 is 2.54 bits per heavy atom. The fraction of sp³-hybridized carbons (Fsp3) is 0.353. The summed E-state index contributed by atoms with van der Waals surface area (Å²) in [5.41, 5.74) is 4.27. The van der Waals surface area contributed by atoms with Crippen molar-refractivity contribution in [3.05, 3.63) is 84.2 Å². The number of nitrogens with zero attached hydrogens (tertiary/aromatic N) is 2. The average Bonchev–Trinajstić information content (AvgIpc) is 3.59. The molecule has 1 saturated carbocycles. The molecule has 0 unspecified atom stereocenters. The van der Waals surface area contributed by atoms with Crippen molar-refractivity contribution < 1.29 is 19.1 Å². The van der Waals surface area contributed by atoms with E-state index in [2.05, 4.69) is 12.2 Å². The number of fused-ring (bicyclic) bond motifs is 1. The quantitative estimate of drug-likeness (QED) is 0.147. The summed E-state index contributed by atoms with van der Waals surface area (Å²) in [6.45, 7) is 2.14. The molecule has 0 radical (unpaired) electrons. The summed E-state index contributed by atoms with van der Waals surface area (Å²) in [5.74, 6) is 0.342. The zero-order valence-electron chi connectivity index (χ0n) is 23.6. The van der Waals surface area contributed by atoms with Crippen molar-refractivity contribution in [2.45, 2.75) is 71.4 Å². The van der Waals surface area contributed by atoms with E-state index in [1.807, 2.05) is 71.3 Å². The van der Waals surface area contributed by atoms with Crippen LogP contribution in [0.25, 0.3) is 22.2 Å². The van der Waals surface area contributed by atoms with Gasteiger partial charge in [0.2, 0.25) is 5.91 Å². The van der Waals surface area contributed by atoms with E-state index >= 15 is 0 Å². The van der Waals surface area contributed by atoms with Crippen LogP contribution in [0.1, 0.15) is 74.5 Å². The van der Waals surface area contributed by atoms with Crippen molar-refractivity contribution in [1.82, 2.24) is 9.55 Å². The molecular formula is C34H37N3O4. The maximum atomic E-state index is 13.3. The van der Waals surface area contributed by atoms with Crippen molar-refractivity contribution in [1.29, 1.82) is 0 Å². The van der Waals surface area contributed by atoms with E-state index in [9.17, 15) is 14.4 Å². The number of imidazole rings is 1. The molecule has 1 amide bonds. The molecule has 1 aliphatic rings. The van der Waals surface area contributed by atoms with E-state index in [1.54, 1.807) is 6.07 Å². The molecule has 7 nitrogen and oxygen atoms in total. The lowest BCUT2D eigenvalue weighted by atomic mass is 9.80. The lowest BCUT2D eigenvalue weighted by molar-refractivity contribution is -0.119. The number of esters is 1. The van der Waals surface area contributed by atoms with Crippen LogP contribution in [0.4, 0.5) is 5.69 Å². The van der Waals surface area contributed by atoms with Crippen LogP contribution in [-0.4, -0.2) is 27.7 Å². The number of hydrogen-bond acceptors (Lipinski definition) is 5. The third kappa shape index (κ3) is 6.56. The van der Waals surface area contributed by atoms with Crippen LogP contribution in [0, 0.1) is 5.41 Å². The molecule has 0 aliphatic heterocycles. The van der Waals surface area contributed by atoms with Gasteiger partial charge in [-0.05, 0) is 60.1 Å². The predicted octanol–water partition coefficient (Wildman–Crippen LogP) is 7.34. The molecule has 4 aromatic rings. The summed E-state index contributed by atoms with van der Waals surface area (Å²) in [7, 11) is 0. The van der Waals surface area contributed by atoms with Crippen molar-refractivity contribution in [3.63, 3.8) is 0 Å². The third-order valence-electron chi connectivity index (χ3n) is 8.14. The second-order valence-electron chi connectivity index (χ2n) is 11.0. The lowest BCUT2D eigenvalue weighted by Crippen LogP contribution is -2.25. The molecule has 7 heteroatoms. The fourth-order valence-corrected chi connectivity index (χ4v) is 5.95. The van der Waals surface area contributed by atoms with Gasteiger partial charge in [0.15, 0.2) is 6.73 Å². The molecule has 5 rings (SSSR count). The first-order chi connectivity index (χ1) is 20.0. The van der Waals surface area contributed by atoms with Gasteiger partial charge in [0.05, 0.1) is 16.6 Å². The normalized spacial score (nSPS) is 14.2. The van der Waals surface area contributed by atoms with Crippen molar-refractivity contribution >= 4 is 34.9 Å². The number of amides is 1. The number of unbranched alkanes of at least 4 members (excludes halogenated alkanes) is 1. The Hall–Kier alpha value is -4.26. The number of rotatable bonds is 12. The third-order valence-corrected chi connectivity index (χ3v) is 8.14. The van der Waals surface area contributed by atoms with Crippen molar-refractivity contribution in [2.75, 3.05) is 5.32 Å². The minimum absolute atomic E-state index is 0.0113. The minimum atomic E-state index is -0.408. The zero-order valence-corrected chi connectivity index (χ0v) is 23.6. The molecule has 1 heterocycles. The van der Waals surface area contributed by atoms with Gasteiger partial charge in [-0.25, -0.2) is 9.78 Å². The van der Waals surface area contributed by atoms with Crippen LogP contribution in [0.15, 0.2) is 72.8 Å². The van der Waals surface area contributed by atoms with Crippen LogP contribution < -0.4 is 5.32 Å². The number of aldehydes is 1. The zero-order chi connectivity index (χ0) is 28.7. The van der Waals surface area contributed by atoms with Crippen LogP contribution in [0.2, 0.25) is 0 Å². The Labute approximate surface area is 240 Å². The van der Waals surface area contributed by atoms with Gasteiger partial charge in [-0.15, -0.1) is 0 Å². The van der Waals surface area contributed by atoms with Crippen LogP contribution in [-0.2, 0) is 27.5 Å². The van der Waals surface area contributed by atoms with Crippen molar-refractivity contribution in [2.24, 2.45) is 5.41 Å². The smallest absolute Gasteiger partial charge is 0.340 e. The number of carbonyl (C=O) groups is 3. The molecule has 0 bridgehead atoms. The lowest BCUT2D eigenvalue weighted by Gasteiger charge is -2.25. The Morgan fingerprint density at radius 1 is 1.02 bits per heavy atom. The van der Waals surface area contributed by atoms with Gasteiger partial charge in [0.25, 0.3) is 0 Å². The molecule has 3 aromatic carbocycles. The van der Waals surface area contributed by atoms with Crippen LogP contribution in [0.5, 0.6) is 0 Å². The molecule has 0 atom stereocenters. The van der Waals surface area contributed by atoms with E-state index in [0.29, 0.717) is 24.1 Å². The van der Waals surface area contributed by atoms with Gasteiger partial charge in [0.1, 0.15) is 12.1 Å². The second-order valence-corrected chi connectivity index (χ2v) is 11.0. The number of aryl methyl sites for hydroxylation is 1. The highest BCUT2D eigenvalue weighted by Gasteiger charge is 2.35. The number of nitrogens with one attached hydrogen (secondary N) is 1. The first kappa shape index (κ1) is 28.3. The summed E-state index contributed by atoms with van der Waals surface area (Å²) in [6.07, 6.45) is 8.35. The van der Waals surface area contributed by atoms with Gasteiger partial charge in [-0.1, -0.05) is 74.7 Å². The summed E-state index contributed by atoms with van der Waals surface area (Å²) >= 11 is 0. The second kappa shape index (κ2) is 12.9. The molecule has 0 spiro atoms. The monoisotopic (exact) mass is 551 g/mol. The van der Waals surface area contributed by atoms with E-state index in [-0.39, 0.29) is 18.1 Å². The van der Waals surface area contributed by atoms with Crippen LogP contribution >= 0.6 is 0 Å². The Kier molecular flexibility index (Phi) is 8.92. The van der Waals surface area contributed by atoms with E-state index in [0.717, 1.165) is 79.2 Å². The molecule has 41 heavy (non-hydrogen) atoms. The maximum absolute atomic E-state index is 13.3. The number of benzene rings is 3. The molecule has 0 saturated heterocycles. The van der Waals surface area contributed by atoms with E-state index < -0.39 is 5.97 Å². The molecule has 1 aliphatic carbocycles. The number of hydrogen-bond donors (Lipinski definition) is 1. The highest BCUT2D eigenvalue weighted by molar-refractivity contribution is 5.97. The summed E-state index contributed by atoms with van der Waals surface area (Å²) < 4.78 is 7.80. The van der Waals surface area contributed by atoms with E-state index in [4.69, 9.17) is 9.72 Å². The Bertz CT molecular complexity index is 1520. The summed E-state index contributed by atoms with van der Waals surface area (Å²) in [4.78, 5) is 42.4. The van der Waals surface area contributed by atoms with Gasteiger partial charge >= 0.3 is 5.97 Å². The first-order valence-corrected chi connectivity index (χ1v) is 14.6. The summed E-state index contributed by atoms with van der Waals surface area (Å²) in [5, 5.41) is 3.04. The Morgan fingerprint density at radius 2 is 1.78 bits per heavy atom.